The molecule has 0 N–H and O–H groups in total. The molecule has 5 rings (SSSR count). The van der Waals surface area contributed by atoms with E-state index in [1.807, 2.05) is 11.8 Å². The van der Waals surface area contributed by atoms with Crippen LogP contribution in [-0.4, -0.2) is 36.3 Å². The summed E-state index contributed by atoms with van der Waals surface area (Å²) in [5, 5.41) is 4.96. The van der Waals surface area contributed by atoms with Gasteiger partial charge in [0.25, 0.3) is 0 Å². The number of rotatable bonds is 6. The Kier molecular flexibility index (Phi) is 5.63. The lowest BCUT2D eigenvalue weighted by molar-refractivity contribution is -0.137. The largest absolute Gasteiger partial charge is 0.416 e. The van der Waals surface area contributed by atoms with Crippen LogP contribution < -0.4 is 4.90 Å². The highest BCUT2D eigenvalue weighted by Crippen LogP contribution is 2.42. The summed E-state index contributed by atoms with van der Waals surface area (Å²) < 4.78 is 42.3. The average Bonchev–Trinajstić information content (AvgIpc) is 3.58. The molecule has 3 aromatic heterocycles. The molecule has 1 fully saturated rings. The number of halogens is 4. The van der Waals surface area contributed by atoms with Crippen LogP contribution in [0.3, 0.4) is 0 Å². The minimum Gasteiger partial charge on any atom is -0.346 e. The van der Waals surface area contributed by atoms with Gasteiger partial charge in [-0.15, -0.1) is 0 Å². The Morgan fingerprint density at radius 1 is 1.09 bits per heavy atom. The molecule has 1 atom stereocenters. The number of hydrogen-bond acceptors (Lipinski definition) is 6. The predicted octanol–water partition coefficient (Wildman–Crippen LogP) is 5.47. The third kappa shape index (κ3) is 4.18. The highest BCUT2D eigenvalue weighted by molar-refractivity contribution is 6.35. The number of aryl methyl sites for hydroxylation is 1. The summed E-state index contributed by atoms with van der Waals surface area (Å²) in [6.45, 7) is 2.56. The van der Waals surface area contributed by atoms with Gasteiger partial charge in [-0.05, 0) is 43.9 Å². The fraction of sp³-hybridized carbons (Fsp3) is 0.348. The van der Waals surface area contributed by atoms with E-state index in [0.717, 1.165) is 25.0 Å². The number of hydrogen-bond donors (Lipinski definition) is 0. The number of anilines is 1. The smallest absolute Gasteiger partial charge is 0.346 e. The van der Waals surface area contributed by atoms with Crippen molar-refractivity contribution in [2.24, 2.45) is 13.0 Å². The molecular weight excluding hydrogens is 467 g/mol. The maximum absolute atomic E-state index is 13.6. The molecule has 4 aromatic rings. The normalized spacial score (nSPS) is 15.0. The molecule has 7 nitrogen and oxygen atoms in total. The van der Waals surface area contributed by atoms with E-state index in [1.54, 1.807) is 37.9 Å². The molecule has 0 aliphatic heterocycles. The fourth-order valence-corrected chi connectivity index (χ4v) is 4.46. The van der Waals surface area contributed by atoms with Gasteiger partial charge >= 0.3 is 6.18 Å². The Morgan fingerprint density at radius 2 is 1.79 bits per heavy atom. The van der Waals surface area contributed by atoms with Gasteiger partial charge in [0, 0.05) is 43.8 Å². The molecule has 0 bridgehead atoms. The summed E-state index contributed by atoms with van der Waals surface area (Å²) in [4.78, 5) is 19.6. The molecule has 34 heavy (non-hydrogen) atoms. The maximum Gasteiger partial charge on any atom is 0.416 e. The fourth-order valence-electron chi connectivity index (χ4n) is 4.12. The van der Waals surface area contributed by atoms with Crippen LogP contribution in [0.4, 0.5) is 19.0 Å². The van der Waals surface area contributed by atoms with Crippen molar-refractivity contribution in [3.8, 4) is 11.5 Å². The van der Waals surface area contributed by atoms with E-state index in [0.29, 0.717) is 46.4 Å². The second kappa shape index (κ2) is 8.50. The summed E-state index contributed by atoms with van der Waals surface area (Å²) in [6.07, 6.45) is 3.98. The van der Waals surface area contributed by atoms with Crippen LogP contribution in [0.15, 0.2) is 43.0 Å². The highest BCUT2D eigenvalue weighted by atomic mass is 35.5. The van der Waals surface area contributed by atoms with Crippen molar-refractivity contribution >= 4 is 28.3 Å². The summed E-state index contributed by atoms with van der Waals surface area (Å²) in [6, 6.07) is 3.41. The highest BCUT2D eigenvalue weighted by Gasteiger charge is 2.35. The Bertz CT molecular complexity index is 1340. The monoisotopic (exact) mass is 487 g/mol. The zero-order valence-corrected chi connectivity index (χ0v) is 19.2. The third-order valence-corrected chi connectivity index (χ3v) is 6.28. The number of alkyl halides is 3. The lowest BCUT2D eigenvalue weighted by Crippen LogP contribution is -2.31. The topological polar surface area (TPSA) is 72.6 Å². The van der Waals surface area contributed by atoms with Crippen molar-refractivity contribution < 1.29 is 13.2 Å². The van der Waals surface area contributed by atoms with Crippen molar-refractivity contribution in [1.82, 2.24) is 29.7 Å². The summed E-state index contributed by atoms with van der Waals surface area (Å²) in [5.74, 6) is 1.28. The molecule has 176 valence electrons. The second-order valence-electron chi connectivity index (χ2n) is 8.43. The third-order valence-electron chi connectivity index (χ3n) is 5.99. The zero-order chi connectivity index (χ0) is 24.0. The molecular formula is C23H21ClF3N7. The first-order chi connectivity index (χ1) is 16.2. The molecule has 0 saturated heterocycles. The molecule has 1 aliphatic rings. The van der Waals surface area contributed by atoms with Gasteiger partial charge < -0.3 is 4.90 Å². The molecule has 0 radical (unpaired) electrons. The minimum absolute atomic E-state index is 0.00276. The number of fused-ring (bicyclic) bond motifs is 1. The van der Waals surface area contributed by atoms with Crippen molar-refractivity contribution in [2.75, 3.05) is 11.4 Å². The maximum atomic E-state index is 13.6. The van der Waals surface area contributed by atoms with Crippen molar-refractivity contribution in [1.29, 1.82) is 0 Å². The number of aromatic nitrogens is 6. The van der Waals surface area contributed by atoms with Gasteiger partial charge in [-0.25, -0.2) is 15.0 Å². The van der Waals surface area contributed by atoms with Gasteiger partial charge in [0.2, 0.25) is 0 Å². The van der Waals surface area contributed by atoms with E-state index in [4.69, 9.17) is 11.6 Å². The lowest BCUT2D eigenvalue weighted by Gasteiger charge is -2.30. The average molecular weight is 488 g/mol. The van der Waals surface area contributed by atoms with Crippen LogP contribution in [0.25, 0.3) is 22.4 Å². The summed E-state index contributed by atoms with van der Waals surface area (Å²) in [5.41, 5.74) is 0.774. The van der Waals surface area contributed by atoms with E-state index < -0.39 is 11.7 Å². The number of benzene rings is 1. The molecule has 1 unspecified atom stereocenters. The molecule has 1 aromatic carbocycles. The minimum atomic E-state index is -4.53. The van der Waals surface area contributed by atoms with Crippen LogP contribution in [0.2, 0.25) is 5.02 Å². The molecule has 0 spiro atoms. The molecule has 11 heteroatoms. The van der Waals surface area contributed by atoms with Gasteiger partial charge in [-0.2, -0.15) is 18.3 Å². The zero-order valence-electron chi connectivity index (χ0n) is 18.5. The van der Waals surface area contributed by atoms with E-state index in [9.17, 15) is 13.2 Å². The van der Waals surface area contributed by atoms with Crippen LogP contribution in [0, 0.1) is 5.92 Å². The summed E-state index contributed by atoms with van der Waals surface area (Å²) >= 11 is 6.29. The van der Waals surface area contributed by atoms with Gasteiger partial charge in [0.15, 0.2) is 11.6 Å². The van der Waals surface area contributed by atoms with Gasteiger partial charge in [0.1, 0.15) is 5.69 Å². The SMILES string of the molecule is CC(c1nccnc1-c1ncccn1)N(CC1CC1)c1nn(C)c2c(Cl)cc(C(F)(F)F)cc12. The lowest BCUT2D eigenvalue weighted by atomic mass is 10.1. The predicted molar refractivity (Wildman–Crippen MR) is 122 cm³/mol. The quantitative estimate of drug-likeness (QED) is 0.359. The van der Waals surface area contributed by atoms with E-state index in [-0.39, 0.29) is 11.1 Å². The van der Waals surface area contributed by atoms with Crippen LogP contribution in [0.1, 0.15) is 37.1 Å². The first kappa shape index (κ1) is 22.5. The van der Waals surface area contributed by atoms with Crippen LogP contribution >= 0.6 is 11.6 Å². The van der Waals surface area contributed by atoms with Crippen LogP contribution in [0.5, 0.6) is 0 Å². The van der Waals surface area contributed by atoms with E-state index in [1.165, 1.54) is 4.68 Å². The van der Waals surface area contributed by atoms with Gasteiger partial charge in [-0.1, -0.05) is 11.6 Å². The Morgan fingerprint density at radius 3 is 2.47 bits per heavy atom. The van der Waals surface area contributed by atoms with Crippen molar-refractivity contribution in [2.45, 2.75) is 32.0 Å². The van der Waals surface area contributed by atoms with E-state index >= 15 is 0 Å². The van der Waals surface area contributed by atoms with Gasteiger partial charge in [0.05, 0.1) is 27.8 Å². The molecule has 0 amide bonds. The Labute approximate surface area is 198 Å². The van der Waals surface area contributed by atoms with E-state index in [2.05, 4.69) is 25.0 Å². The first-order valence-electron chi connectivity index (χ1n) is 10.8. The molecule has 3 heterocycles. The Balaban J connectivity index is 1.66. The molecule has 1 saturated carbocycles. The van der Waals surface area contributed by atoms with Crippen molar-refractivity contribution in [3.63, 3.8) is 0 Å². The first-order valence-corrected chi connectivity index (χ1v) is 11.2. The summed E-state index contributed by atoms with van der Waals surface area (Å²) in [7, 11) is 1.68. The molecule has 1 aliphatic carbocycles. The van der Waals surface area contributed by atoms with Gasteiger partial charge in [-0.3, -0.25) is 9.67 Å². The van der Waals surface area contributed by atoms with Crippen molar-refractivity contribution in [3.05, 3.63) is 59.3 Å². The number of nitrogens with zero attached hydrogens (tertiary/aromatic N) is 7. The standard InChI is InChI=1S/C23H21ClF3N7/c1-13(18-19(29-9-8-28-18)21-30-6-3-7-31-21)34(12-14-4-5-14)22-16-10-15(23(25,26)27)11-17(24)20(16)33(2)32-22/h3,6-11,13-14H,4-5,12H2,1-2H3. The Hall–Kier alpha value is -3.27. The second-order valence-corrected chi connectivity index (χ2v) is 8.84. The van der Waals surface area contributed by atoms with Crippen LogP contribution in [-0.2, 0) is 13.2 Å².